The quantitative estimate of drug-likeness (QED) is 0.919. The van der Waals surface area contributed by atoms with Crippen molar-refractivity contribution in [1.29, 1.82) is 0 Å². The van der Waals surface area contributed by atoms with Crippen molar-refractivity contribution in [3.63, 3.8) is 0 Å². The first-order valence-electron chi connectivity index (χ1n) is 7.82. The van der Waals surface area contributed by atoms with Gasteiger partial charge < -0.3 is 4.74 Å². The number of anilines is 2. The molecule has 1 fully saturated rings. The van der Waals surface area contributed by atoms with Gasteiger partial charge in [0.2, 0.25) is 11.0 Å². The number of carbonyl (C=O) groups is 2. The predicted molar refractivity (Wildman–Crippen MR) is 89.4 cm³/mol. The second-order valence-electron chi connectivity index (χ2n) is 5.92. The summed E-state index contributed by atoms with van der Waals surface area (Å²) in [6.07, 6.45) is 1.66. The number of benzene rings is 1. The van der Waals surface area contributed by atoms with Gasteiger partial charge in [-0.15, -0.1) is 10.2 Å². The largest absolute Gasteiger partial charge is 0.479 e. The second-order valence-corrected chi connectivity index (χ2v) is 6.93. The summed E-state index contributed by atoms with van der Waals surface area (Å²) >= 11 is 1.40. The van der Waals surface area contributed by atoms with Gasteiger partial charge in [-0.05, 0) is 31.9 Å². The zero-order valence-electron chi connectivity index (χ0n) is 13.1. The number of para-hydroxylation sites is 2. The summed E-state index contributed by atoms with van der Waals surface area (Å²) < 4.78 is 5.57. The first-order chi connectivity index (χ1) is 11.6. The monoisotopic (exact) mass is 344 g/mol. The van der Waals surface area contributed by atoms with Crippen LogP contribution in [0.25, 0.3) is 0 Å². The Kier molecular flexibility index (Phi) is 3.68. The summed E-state index contributed by atoms with van der Waals surface area (Å²) in [6.45, 7) is 1.59. The van der Waals surface area contributed by atoms with Gasteiger partial charge in [-0.1, -0.05) is 23.5 Å². The van der Waals surface area contributed by atoms with E-state index in [2.05, 4.69) is 15.5 Å². The molecule has 0 spiro atoms. The highest BCUT2D eigenvalue weighted by Gasteiger charge is 2.33. The van der Waals surface area contributed by atoms with Crippen LogP contribution in [0.3, 0.4) is 0 Å². The fourth-order valence-corrected chi connectivity index (χ4v) is 3.53. The number of hydrogen-bond acceptors (Lipinski definition) is 6. The van der Waals surface area contributed by atoms with Crippen molar-refractivity contribution in [2.24, 2.45) is 0 Å². The molecule has 124 valence electrons. The van der Waals surface area contributed by atoms with Crippen LogP contribution in [-0.4, -0.2) is 34.7 Å². The zero-order valence-corrected chi connectivity index (χ0v) is 13.9. The standard InChI is InChI=1S/C16H16N4O3S/c1-9-15(22)20(11-4-2-3-5-12(11)23-9)8-13(21)17-16-19-18-14(24-16)10-6-7-10/h2-5,9-10H,6-8H2,1H3,(H,17,19,21). The SMILES string of the molecule is CC1Oc2ccccc2N(CC(=O)Nc2nnc(C3CC3)s2)C1=O. The van der Waals surface area contributed by atoms with Gasteiger partial charge in [0.1, 0.15) is 17.3 Å². The summed E-state index contributed by atoms with van der Waals surface area (Å²) in [7, 11) is 0. The lowest BCUT2D eigenvalue weighted by Gasteiger charge is -2.32. The topological polar surface area (TPSA) is 84.4 Å². The highest BCUT2D eigenvalue weighted by molar-refractivity contribution is 7.15. The van der Waals surface area contributed by atoms with Crippen LogP contribution in [-0.2, 0) is 9.59 Å². The number of carbonyl (C=O) groups excluding carboxylic acids is 2. The maximum absolute atomic E-state index is 12.4. The van der Waals surface area contributed by atoms with Crippen LogP contribution in [0.1, 0.15) is 30.7 Å². The van der Waals surface area contributed by atoms with Gasteiger partial charge in [0, 0.05) is 5.92 Å². The minimum atomic E-state index is -0.615. The maximum atomic E-state index is 12.4. The van der Waals surface area contributed by atoms with Crippen molar-refractivity contribution in [2.45, 2.75) is 31.8 Å². The van der Waals surface area contributed by atoms with Gasteiger partial charge in [0.25, 0.3) is 5.91 Å². The fraction of sp³-hybridized carbons (Fsp3) is 0.375. The van der Waals surface area contributed by atoms with Crippen LogP contribution in [0.15, 0.2) is 24.3 Å². The third-order valence-electron chi connectivity index (χ3n) is 3.99. The molecule has 2 heterocycles. The van der Waals surface area contributed by atoms with E-state index in [1.54, 1.807) is 19.1 Å². The minimum absolute atomic E-state index is 0.0815. The van der Waals surface area contributed by atoms with Crippen molar-refractivity contribution in [3.8, 4) is 5.75 Å². The number of nitrogens with zero attached hydrogens (tertiary/aromatic N) is 3. The van der Waals surface area contributed by atoms with Gasteiger partial charge in [0.05, 0.1) is 5.69 Å². The van der Waals surface area contributed by atoms with Gasteiger partial charge in [-0.2, -0.15) is 0 Å². The predicted octanol–water partition coefficient (Wildman–Crippen LogP) is 2.17. The van der Waals surface area contributed by atoms with Gasteiger partial charge >= 0.3 is 0 Å². The number of ether oxygens (including phenoxy) is 1. The van der Waals surface area contributed by atoms with Crippen LogP contribution >= 0.6 is 11.3 Å². The third kappa shape index (κ3) is 2.84. The van der Waals surface area contributed by atoms with E-state index in [0.29, 0.717) is 22.5 Å². The number of aromatic nitrogens is 2. The number of nitrogens with one attached hydrogen (secondary N) is 1. The molecule has 1 aromatic carbocycles. The molecule has 7 nitrogen and oxygen atoms in total. The Morgan fingerprint density at radius 1 is 1.38 bits per heavy atom. The van der Waals surface area contributed by atoms with E-state index in [-0.39, 0.29) is 18.4 Å². The molecular weight excluding hydrogens is 328 g/mol. The Morgan fingerprint density at radius 2 is 2.17 bits per heavy atom. The van der Waals surface area contributed by atoms with Crippen LogP contribution in [0.5, 0.6) is 5.75 Å². The maximum Gasteiger partial charge on any atom is 0.268 e. The van der Waals surface area contributed by atoms with Gasteiger partial charge in [-0.3, -0.25) is 19.8 Å². The van der Waals surface area contributed by atoms with E-state index in [4.69, 9.17) is 4.74 Å². The molecule has 1 unspecified atom stereocenters. The van der Waals surface area contributed by atoms with E-state index >= 15 is 0 Å². The summed E-state index contributed by atoms with van der Waals surface area (Å²) in [5, 5.41) is 12.3. The number of hydrogen-bond donors (Lipinski definition) is 1. The van der Waals surface area contributed by atoms with Crippen LogP contribution in [0.4, 0.5) is 10.8 Å². The molecular formula is C16H16N4O3S. The van der Waals surface area contributed by atoms with E-state index in [9.17, 15) is 9.59 Å². The molecule has 2 amide bonds. The minimum Gasteiger partial charge on any atom is -0.479 e. The average Bonchev–Trinajstić information content (AvgIpc) is 3.32. The van der Waals surface area contributed by atoms with E-state index in [0.717, 1.165) is 17.8 Å². The molecule has 1 N–H and O–H groups in total. The molecule has 1 aliphatic carbocycles. The van der Waals surface area contributed by atoms with E-state index < -0.39 is 6.10 Å². The van der Waals surface area contributed by atoms with Crippen molar-refractivity contribution >= 4 is 34.0 Å². The molecule has 1 aromatic heterocycles. The fourth-order valence-electron chi connectivity index (χ4n) is 2.60. The summed E-state index contributed by atoms with van der Waals surface area (Å²) in [5.74, 6) is 0.566. The molecule has 24 heavy (non-hydrogen) atoms. The number of rotatable bonds is 4. The Hall–Kier alpha value is -2.48. The van der Waals surface area contributed by atoms with Gasteiger partial charge in [-0.25, -0.2) is 0 Å². The normalized spacial score (nSPS) is 19.6. The van der Waals surface area contributed by atoms with Crippen molar-refractivity contribution in [1.82, 2.24) is 10.2 Å². The Bertz CT molecular complexity index is 802. The molecule has 2 aliphatic rings. The van der Waals surface area contributed by atoms with Gasteiger partial charge in [0.15, 0.2) is 6.10 Å². The first kappa shape index (κ1) is 15.1. The highest BCUT2D eigenvalue weighted by Crippen LogP contribution is 2.42. The average molecular weight is 344 g/mol. The third-order valence-corrected chi connectivity index (χ3v) is 4.99. The molecule has 0 saturated heterocycles. The van der Waals surface area contributed by atoms with Crippen LogP contribution < -0.4 is 15.0 Å². The number of fused-ring (bicyclic) bond motifs is 1. The molecule has 1 atom stereocenters. The Morgan fingerprint density at radius 3 is 2.96 bits per heavy atom. The highest BCUT2D eigenvalue weighted by atomic mass is 32.1. The zero-order chi connectivity index (χ0) is 16.7. The summed E-state index contributed by atoms with van der Waals surface area (Å²) in [6, 6.07) is 7.20. The molecule has 1 aliphatic heterocycles. The first-order valence-corrected chi connectivity index (χ1v) is 8.64. The smallest absolute Gasteiger partial charge is 0.268 e. The molecule has 0 bridgehead atoms. The molecule has 2 aromatic rings. The van der Waals surface area contributed by atoms with E-state index in [1.807, 2.05) is 12.1 Å². The van der Waals surface area contributed by atoms with Crippen LogP contribution in [0.2, 0.25) is 0 Å². The van der Waals surface area contributed by atoms with Crippen molar-refractivity contribution in [2.75, 3.05) is 16.8 Å². The Balaban J connectivity index is 1.48. The van der Waals surface area contributed by atoms with Crippen molar-refractivity contribution < 1.29 is 14.3 Å². The molecule has 8 heteroatoms. The Labute approximate surface area is 142 Å². The molecule has 4 rings (SSSR count). The molecule has 0 radical (unpaired) electrons. The summed E-state index contributed by atoms with van der Waals surface area (Å²) in [4.78, 5) is 26.1. The summed E-state index contributed by atoms with van der Waals surface area (Å²) in [5.41, 5.74) is 0.603. The second kappa shape index (κ2) is 5.86. The van der Waals surface area contributed by atoms with E-state index in [1.165, 1.54) is 16.2 Å². The number of amides is 2. The lowest BCUT2D eigenvalue weighted by molar-refractivity contribution is -0.127. The van der Waals surface area contributed by atoms with Crippen LogP contribution in [0, 0.1) is 0 Å². The lowest BCUT2D eigenvalue weighted by Crippen LogP contribution is -2.47. The molecule has 1 saturated carbocycles. The van der Waals surface area contributed by atoms with Crippen molar-refractivity contribution in [3.05, 3.63) is 29.3 Å². The lowest BCUT2D eigenvalue weighted by atomic mass is 10.2.